The van der Waals surface area contributed by atoms with Crippen molar-refractivity contribution in [1.29, 1.82) is 0 Å². The number of nitrogens with zero attached hydrogens (tertiary/aromatic N) is 3. The zero-order valence-corrected chi connectivity index (χ0v) is 19.1. The highest BCUT2D eigenvalue weighted by molar-refractivity contribution is 5.90. The molecule has 1 aliphatic heterocycles. The molecule has 1 fully saturated rings. The number of hydrogen-bond donors (Lipinski definition) is 0. The van der Waals surface area contributed by atoms with Crippen LogP contribution in [0.4, 0.5) is 0 Å². The highest BCUT2D eigenvalue weighted by Gasteiger charge is 2.36. The van der Waals surface area contributed by atoms with Gasteiger partial charge in [0.1, 0.15) is 11.8 Å². The Hall–Kier alpha value is -3.67. The molecule has 1 aliphatic rings. The third-order valence-corrected chi connectivity index (χ3v) is 6.15. The summed E-state index contributed by atoms with van der Waals surface area (Å²) in [5, 5.41) is 0. The second-order valence-corrected chi connectivity index (χ2v) is 8.19. The van der Waals surface area contributed by atoms with Gasteiger partial charge in [-0.3, -0.25) is 14.6 Å². The first-order valence-corrected chi connectivity index (χ1v) is 11.3. The number of likely N-dealkylation sites (N-methyl/N-ethyl adjacent to an activating group) is 1. The lowest BCUT2D eigenvalue weighted by Crippen LogP contribution is -2.59. The maximum Gasteiger partial charge on any atom is 0.245 e. The van der Waals surface area contributed by atoms with Gasteiger partial charge >= 0.3 is 0 Å². The van der Waals surface area contributed by atoms with Crippen LogP contribution in [-0.2, 0) is 22.4 Å². The van der Waals surface area contributed by atoms with Crippen molar-refractivity contribution < 1.29 is 14.3 Å². The number of hydrogen-bond acceptors (Lipinski definition) is 4. The third-order valence-electron chi connectivity index (χ3n) is 6.15. The van der Waals surface area contributed by atoms with Crippen LogP contribution in [0.3, 0.4) is 0 Å². The van der Waals surface area contributed by atoms with Crippen LogP contribution in [-0.4, -0.2) is 59.4 Å². The first-order chi connectivity index (χ1) is 16.1. The van der Waals surface area contributed by atoms with Crippen molar-refractivity contribution in [3.63, 3.8) is 0 Å². The summed E-state index contributed by atoms with van der Waals surface area (Å²) < 4.78 is 5.29. The summed E-state index contributed by atoms with van der Waals surface area (Å²) in [6.07, 6.45) is 4.26. The number of piperazine rings is 1. The van der Waals surface area contributed by atoms with Crippen LogP contribution in [0.2, 0.25) is 0 Å². The Morgan fingerprint density at radius 2 is 1.76 bits per heavy atom. The molecule has 0 N–H and O–H groups in total. The minimum Gasteiger partial charge on any atom is -0.497 e. The SMILES string of the molecule is CCN1CCN(C(=O)Cc2cccc(OC)c2)[C@H](Cc2cccc(-c3ccncc3)c2)C1=O. The van der Waals surface area contributed by atoms with Crippen LogP contribution >= 0.6 is 0 Å². The van der Waals surface area contributed by atoms with Crippen molar-refractivity contribution in [2.75, 3.05) is 26.7 Å². The van der Waals surface area contributed by atoms with Gasteiger partial charge in [0, 0.05) is 38.4 Å². The Morgan fingerprint density at radius 3 is 2.52 bits per heavy atom. The van der Waals surface area contributed by atoms with E-state index in [2.05, 4.69) is 11.1 Å². The molecule has 4 rings (SSSR count). The number of ether oxygens (including phenoxy) is 1. The largest absolute Gasteiger partial charge is 0.497 e. The van der Waals surface area contributed by atoms with Crippen molar-refractivity contribution >= 4 is 11.8 Å². The number of methoxy groups -OCH3 is 1. The summed E-state index contributed by atoms with van der Waals surface area (Å²) in [5.74, 6) is 0.691. The van der Waals surface area contributed by atoms with Gasteiger partial charge in [0.2, 0.25) is 11.8 Å². The summed E-state index contributed by atoms with van der Waals surface area (Å²) in [4.78, 5) is 34.3. The Kier molecular flexibility index (Phi) is 7.03. The van der Waals surface area contributed by atoms with Gasteiger partial charge in [-0.05, 0) is 53.4 Å². The molecule has 2 amide bonds. The molecule has 1 atom stereocenters. The van der Waals surface area contributed by atoms with E-state index >= 15 is 0 Å². The van der Waals surface area contributed by atoms with E-state index in [0.29, 0.717) is 26.1 Å². The Labute approximate surface area is 194 Å². The average molecular weight is 444 g/mol. The van der Waals surface area contributed by atoms with E-state index in [-0.39, 0.29) is 18.2 Å². The lowest BCUT2D eigenvalue weighted by atomic mass is 9.97. The fourth-order valence-corrected chi connectivity index (χ4v) is 4.35. The van der Waals surface area contributed by atoms with Crippen molar-refractivity contribution in [3.8, 4) is 16.9 Å². The summed E-state index contributed by atoms with van der Waals surface area (Å²) in [6.45, 7) is 3.72. The molecule has 0 bridgehead atoms. The van der Waals surface area contributed by atoms with Crippen LogP contribution in [0.15, 0.2) is 73.1 Å². The van der Waals surface area contributed by atoms with Crippen molar-refractivity contribution in [1.82, 2.24) is 14.8 Å². The van der Waals surface area contributed by atoms with E-state index < -0.39 is 6.04 Å². The minimum atomic E-state index is -0.510. The number of aromatic nitrogens is 1. The van der Waals surface area contributed by atoms with Crippen molar-refractivity contribution in [2.45, 2.75) is 25.8 Å². The van der Waals surface area contributed by atoms with Gasteiger partial charge in [-0.2, -0.15) is 0 Å². The average Bonchev–Trinajstić information content (AvgIpc) is 2.86. The van der Waals surface area contributed by atoms with Crippen LogP contribution in [0, 0.1) is 0 Å². The number of carbonyl (C=O) groups excluding carboxylic acids is 2. The zero-order valence-electron chi connectivity index (χ0n) is 19.1. The van der Waals surface area contributed by atoms with E-state index in [9.17, 15) is 9.59 Å². The third kappa shape index (κ3) is 5.22. The molecule has 33 heavy (non-hydrogen) atoms. The van der Waals surface area contributed by atoms with Gasteiger partial charge in [0.15, 0.2) is 0 Å². The fourth-order valence-electron chi connectivity index (χ4n) is 4.35. The van der Waals surface area contributed by atoms with E-state index in [1.807, 2.05) is 66.4 Å². The number of rotatable bonds is 7. The topological polar surface area (TPSA) is 62.7 Å². The monoisotopic (exact) mass is 443 g/mol. The number of pyridine rings is 1. The molecule has 2 aromatic carbocycles. The van der Waals surface area contributed by atoms with E-state index in [0.717, 1.165) is 28.0 Å². The highest BCUT2D eigenvalue weighted by atomic mass is 16.5. The molecule has 6 heteroatoms. The van der Waals surface area contributed by atoms with Gasteiger partial charge in [0.25, 0.3) is 0 Å². The lowest BCUT2D eigenvalue weighted by molar-refractivity contribution is -0.150. The van der Waals surface area contributed by atoms with E-state index in [1.165, 1.54) is 0 Å². The Morgan fingerprint density at radius 1 is 1.00 bits per heavy atom. The van der Waals surface area contributed by atoms with Gasteiger partial charge in [-0.1, -0.05) is 36.4 Å². The zero-order chi connectivity index (χ0) is 23.2. The number of benzene rings is 2. The predicted molar refractivity (Wildman–Crippen MR) is 128 cm³/mol. The van der Waals surface area contributed by atoms with Crippen LogP contribution in [0.1, 0.15) is 18.1 Å². The van der Waals surface area contributed by atoms with Crippen LogP contribution < -0.4 is 4.74 Å². The second kappa shape index (κ2) is 10.3. The molecule has 0 unspecified atom stereocenters. The molecule has 0 spiro atoms. The molecule has 3 aromatic rings. The normalized spacial score (nSPS) is 16.1. The maximum atomic E-state index is 13.3. The molecule has 0 aliphatic carbocycles. The van der Waals surface area contributed by atoms with E-state index in [4.69, 9.17) is 4.74 Å². The number of carbonyl (C=O) groups is 2. The fraction of sp³-hybridized carbons (Fsp3) is 0.296. The molecule has 0 radical (unpaired) electrons. The standard InChI is InChI=1S/C27H29N3O3/c1-3-29-14-15-30(26(31)19-21-7-5-9-24(17-21)33-2)25(27(29)32)18-20-6-4-8-23(16-20)22-10-12-28-13-11-22/h4-13,16-17,25H,3,14-15,18-19H2,1-2H3/t25-/m1/s1. The lowest BCUT2D eigenvalue weighted by Gasteiger charge is -2.40. The van der Waals surface area contributed by atoms with Gasteiger partial charge < -0.3 is 14.5 Å². The molecular weight excluding hydrogens is 414 g/mol. The molecule has 170 valence electrons. The Bertz CT molecular complexity index is 1120. The summed E-state index contributed by atoms with van der Waals surface area (Å²) in [6, 6.07) is 19.1. The molecule has 6 nitrogen and oxygen atoms in total. The minimum absolute atomic E-state index is 0.0112. The predicted octanol–water partition coefficient (Wildman–Crippen LogP) is 3.60. The van der Waals surface area contributed by atoms with Crippen molar-refractivity contribution in [3.05, 3.63) is 84.2 Å². The molecule has 1 saturated heterocycles. The molecule has 1 aromatic heterocycles. The molecule has 2 heterocycles. The number of amides is 2. The Balaban J connectivity index is 1.57. The summed E-state index contributed by atoms with van der Waals surface area (Å²) >= 11 is 0. The smallest absolute Gasteiger partial charge is 0.245 e. The van der Waals surface area contributed by atoms with Crippen LogP contribution in [0.5, 0.6) is 5.75 Å². The first kappa shape index (κ1) is 22.5. The highest BCUT2D eigenvalue weighted by Crippen LogP contribution is 2.23. The van der Waals surface area contributed by atoms with Gasteiger partial charge in [-0.25, -0.2) is 0 Å². The van der Waals surface area contributed by atoms with Crippen LogP contribution in [0.25, 0.3) is 11.1 Å². The summed E-state index contributed by atoms with van der Waals surface area (Å²) in [7, 11) is 1.61. The van der Waals surface area contributed by atoms with Gasteiger partial charge in [-0.15, -0.1) is 0 Å². The molecule has 0 saturated carbocycles. The second-order valence-electron chi connectivity index (χ2n) is 8.19. The maximum absolute atomic E-state index is 13.3. The molecular formula is C27H29N3O3. The quantitative estimate of drug-likeness (QED) is 0.560. The first-order valence-electron chi connectivity index (χ1n) is 11.3. The van der Waals surface area contributed by atoms with Gasteiger partial charge in [0.05, 0.1) is 13.5 Å². The summed E-state index contributed by atoms with van der Waals surface area (Å²) in [5.41, 5.74) is 4.05. The van der Waals surface area contributed by atoms with Crippen molar-refractivity contribution in [2.24, 2.45) is 0 Å². The van der Waals surface area contributed by atoms with E-state index in [1.54, 1.807) is 24.4 Å².